The molecular formula is C11H13Cl2N. The highest BCUT2D eigenvalue weighted by Gasteiger charge is 2.15. The fraction of sp³-hybridized carbons (Fsp3) is 0.455. The second-order valence-corrected chi connectivity index (χ2v) is 4.64. The van der Waals surface area contributed by atoms with Gasteiger partial charge < -0.3 is 5.32 Å². The van der Waals surface area contributed by atoms with Gasteiger partial charge in [0.25, 0.3) is 0 Å². The molecule has 1 aliphatic heterocycles. The molecule has 0 aromatic heterocycles. The van der Waals surface area contributed by atoms with Gasteiger partial charge in [0.15, 0.2) is 0 Å². The van der Waals surface area contributed by atoms with Crippen molar-refractivity contribution in [2.45, 2.75) is 12.8 Å². The van der Waals surface area contributed by atoms with Crippen LogP contribution in [0.2, 0.25) is 10.0 Å². The van der Waals surface area contributed by atoms with E-state index in [1.54, 1.807) is 0 Å². The summed E-state index contributed by atoms with van der Waals surface area (Å²) < 4.78 is 0. The van der Waals surface area contributed by atoms with E-state index in [1.807, 2.05) is 18.2 Å². The summed E-state index contributed by atoms with van der Waals surface area (Å²) >= 11 is 11.9. The molecule has 1 aliphatic rings. The normalized spacial score (nSPS) is 21.4. The van der Waals surface area contributed by atoms with Crippen LogP contribution >= 0.6 is 23.2 Å². The Morgan fingerprint density at radius 3 is 2.86 bits per heavy atom. The molecular weight excluding hydrogens is 217 g/mol. The Kier molecular flexibility index (Phi) is 3.32. The van der Waals surface area contributed by atoms with E-state index in [0.717, 1.165) is 30.5 Å². The predicted molar refractivity (Wildman–Crippen MR) is 61.1 cm³/mol. The van der Waals surface area contributed by atoms with Gasteiger partial charge in [0, 0.05) is 10.0 Å². The van der Waals surface area contributed by atoms with Crippen molar-refractivity contribution in [2.75, 3.05) is 13.1 Å². The average molecular weight is 230 g/mol. The number of hydrogen-bond acceptors (Lipinski definition) is 1. The average Bonchev–Trinajstić information content (AvgIpc) is 2.62. The molecule has 0 saturated carbocycles. The van der Waals surface area contributed by atoms with E-state index in [0.29, 0.717) is 5.02 Å². The lowest BCUT2D eigenvalue weighted by molar-refractivity contribution is 0.580. The van der Waals surface area contributed by atoms with Crippen LogP contribution in [0.15, 0.2) is 18.2 Å². The van der Waals surface area contributed by atoms with Gasteiger partial charge in [-0.25, -0.2) is 0 Å². The highest BCUT2D eigenvalue weighted by Crippen LogP contribution is 2.24. The van der Waals surface area contributed by atoms with Crippen LogP contribution in [0.25, 0.3) is 0 Å². The Morgan fingerprint density at radius 2 is 2.21 bits per heavy atom. The van der Waals surface area contributed by atoms with Crippen LogP contribution in [0.4, 0.5) is 0 Å². The molecule has 2 rings (SSSR count). The summed E-state index contributed by atoms with van der Waals surface area (Å²) in [5, 5.41) is 4.86. The second-order valence-electron chi connectivity index (χ2n) is 3.80. The fourth-order valence-electron chi connectivity index (χ4n) is 1.89. The zero-order valence-corrected chi connectivity index (χ0v) is 9.41. The van der Waals surface area contributed by atoms with Gasteiger partial charge in [0.2, 0.25) is 0 Å². The van der Waals surface area contributed by atoms with Crippen LogP contribution in [-0.2, 0) is 6.42 Å². The van der Waals surface area contributed by atoms with E-state index < -0.39 is 0 Å². The first-order valence-electron chi connectivity index (χ1n) is 4.90. The van der Waals surface area contributed by atoms with E-state index in [4.69, 9.17) is 23.2 Å². The van der Waals surface area contributed by atoms with Crippen LogP contribution in [0, 0.1) is 5.92 Å². The predicted octanol–water partition coefficient (Wildman–Crippen LogP) is 3.15. The summed E-state index contributed by atoms with van der Waals surface area (Å²) in [7, 11) is 0. The standard InChI is InChI=1S/C11H13Cl2N/c12-10-2-1-9(11(13)6-10)5-8-3-4-14-7-8/h1-2,6,8,14H,3-5,7H2/t8-/m0/s1. The van der Waals surface area contributed by atoms with E-state index >= 15 is 0 Å². The first kappa shape index (κ1) is 10.3. The van der Waals surface area contributed by atoms with Crippen LogP contribution < -0.4 is 5.32 Å². The van der Waals surface area contributed by atoms with E-state index in [-0.39, 0.29) is 0 Å². The van der Waals surface area contributed by atoms with Crippen molar-refractivity contribution >= 4 is 23.2 Å². The Bertz CT molecular complexity index is 319. The summed E-state index contributed by atoms with van der Waals surface area (Å²) in [5.41, 5.74) is 1.21. The smallest absolute Gasteiger partial charge is 0.0452 e. The molecule has 0 aliphatic carbocycles. The molecule has 0 radical (unpaired) electrons. The monoisotopic (exact) mass is 229 g/mol. The van der Waals surface area contributed by atoms with Crippen LogP contribution in [0.3, 0.4) is 0 Å². The lowest BCUT2D eigenvalue weighted by atomic mass is 9.99. The van der Waals surface area contributed by atoms with Gasteiger partial charge in [0.1, 0.15) is 0 Å². The highest BCUT2D eigenvalue weighted by molar-refractivity contribution is 6.35. The second kappa shape index (κ2) is 4.52. The minimum absolute atomic E-state index is 0.711. The number of nitrogens with one attached hydrogen (secondary N) is 1. The van der Waals surface area contributed by atoms with Crippen molar-refractivity contribution < 1.29 is 0 Å². The Balaban J connectivity index is 2.08. The molecule has 1 N–H and O–H groups in total. The Morgan fingerprint density at radius 1 is 1.36 bits per heavy atom. The van der Waals surface area contributed by atoms with Gasteiger partial charge in [-0.15, -0.1) is 0 Å². The minimum Gasteiger partial charge on any atom is -0.316 e. The first-order chi connectivity index (χ1) is 6.75. The van der Waals surface area contributed by atoms with Crippen molar-refractivity contribution in [2.24, 2.45) is 5.92 Å². The summed E-state index contributed by atoms with van der Waals surface area (Å²) in [4.78, 5) is 0. The van der Waals surface area contributed by atoms with Gasteiger partial charge in [-0.05, 0) is 49.5 Å². The third-order valence-corrected chi connectivity index (χ3v) is 3.27. The maximum Gasteiger partial charge on any atom is 0.0452 e. The lowest BCUT2D eigenvalue weighted by Crippen LogP contribution is -2.10. The molecule has 0 amide bonds. The molecule has 1 aromatic carbocycles. The van der Waals surface area contributed by atoms with Crippen LogP contribution in [-0.4, -0.2) is 13.1 Å². The molecule has 14 heavy (non-hydrogen) atoms. The molecule has 1 heterocycles. The molecule has 1 nitrogen and oxygen atoms in total. The number of hydrogen-bond donors (Lipinski definition) is 1. The van der Waals surface area contributed by atoms with Crippen molar-refractivity contribution in [1.82, 2.24) is 5.32 Å². The Hall–Kier alpha value is -0.240. The van der Waals surface area contributed by atoms with Gasteiger partial charge in [0.05, 0.1) is 0 Å². The molecule has 1 fully saturated rings. The van der Waals surface area contributed by atoms with Crippen LogP contribution in [0.1, 0.15) is 12.0 Å². The van der Waals surface area contributed by atoms with E-state index in [9.17, 15) is 0 Å². The number of rotatable bonds is 2. The first-order valence-corrected chi connectivity index (χ1v) is 5.66. The highest BCUT2D eigenvalue weighted by atomic mass is 35.5. The topological polar surface area (TPSA) is 12.0 Å². The fourth-order valence-corrected chi connectivity index (χ4v) is 2.37. The van der Waals surface area contributed by atoms with E-state index in [1.165, 1.54) is 12.0 Å². The summed E-state index contributed by atoms with van der Waals surface area (Å²) in [6.45, 7) is 2.24. The number of benzene rings is 1. The zero-order valence-electron chi connectivity index (χ0n) is 7.89. The molecule has 76 valence electrons. The van der Waals surface area contributed by atoms with Crippen molar-refractivity contribution in [3.63, 3.8) is 0 Å². The summed E-state index contributed by atoms with van der Waals surface area (Å²) in [6.07, 6.45) is 2.31. The lowest BCUT2D eigenvalue weighted by Gasteiger charge is -2.09. The van der Waals surface area contributed by atoms with Crippen molar-refractivity contribution in [1.29, 1.82) is 0 Å². The van der Waals surface area contributed by atoms with Gasteiger partial charge in [-0.2, -0.15) is 0 Å². The number of halogens is 2. The third kappa shape index (κ3) is 2.41. The quantitative estimate of drug-likeness (QED) is 0.822. The molecule has 3 heteroatoms. The molecule has 1 atom stereocenters. The van der Waals surface area contributed by atoms with Gasteiger partial charge >= 0.3 is 0 Å². The Labute approximate surface area is 94.4 Å². The maximum absolute atomic E-state index is 6.10. The van der Waals surface area contributed by atoms with E-state index in [2.05, 4.69) is 5.32 Å². The van der Waals surface area contributed by atoms with Crippen LogP contribution in [0.5, 0.6) is 0 Å². The molecule has 1 aromatic rings. The zero-order chi connectivity index (χ0) is 9.97. The van der Waals surface area contributed by atoms with Crippen molar-refractivity contribution in [3.8, 4) is 0 Å². The van der Waals surface area contributed by atoms with Gasteiger partial charge in [-0.3, -0.25) is 0 Å². The maximum atomic E-state index is 6.10. The molecule has 0 spiro atoms. The van der Waals surface area contributed by atoms with Gasteiger partial charge in [-0.1, -0.05) is 29.3 Å². The molecule has 0 bridgehead atoms. The molecule has 0 unspecified atom stereocenters. The summed E-state index contributed by atoms with van der Waals surface area (Å²) in [5.74, 6) is 0.730. The molecule has 1 saturated heterocycles. The SMILES string of the molecule is Clc1ccc(C[C@@H]2CCNC2)c(Cl)c1. The minimum atomic E-state index is 0.711. The van der Waals surface area contributed by atoms with Crippen molar-refractivity contribution in [3.05, 3.63) is 33.8 Å². The summed E-state index contributed by atoms with van der Waals surface area (Å²) in [6, 6.07) is 5.76. The third-order valence-electron chi connectivity index (χ3n) is 2.69. The largest absolute Gasteiger partial charge is 0.316 e.